The van der Waals surface area contributed by atoms with E-state index in [4.69, 9.17) is 12.8 Å². The van der Waals surface area contributed by atoms with Gasteiger partial charge in [-0.15, -0.1) is 35.4 Å². The summed E-state index contributed by atoms with van der Waals surface area (Å²) in [5.74, 6) is 6.11. The Morgan fingerprint density at radius 2 is 0.639 bits per heavy atom. The molecule has 304 valence electrons. The monoisotopic (exact) mass is 1010 g/mol. The molecule has 0 aliphatic rings. The van der Waals surface area contributed by atoms with Crippen LogP contribution < -0.4 is 21.2 Å². The third-order valence-corrected chi connectivity index (χ3v) is 17.9. The maximum absolute atomic E-state index is 7.18. The minimum absolute atomic E-state index is 0. The van der Waals surface area contributed by atoms with Crippen molar-refractivity contribution in [3.8, 4) is 11.8 Å². The van der Waals surface area contributed by atoms with E-state index in [-0.39, 0.29) is 44.8 Å². The fourth-order valence-corrected chi connectivity index (χ4v) is 15.7. The zero-order valence-corrected chi connectivity index (χ0v) is 38.8. The molecule has 0 N–H and O–H groups in total. The van der Waals surface area contributed by atoms with Gasteiger partial charge < -0.3 is 22.0 Å². The van der Waals surface area contributed by atoms with Crippen molar-refractivity contribution in [1.29, 1.82) is 0 Å². The zero-order chi connectivity index (χ0) is 40.6. The number of para-hydroxylation sites is 2. The van der Waals surface area contributed by atoms with Gasteiger partial charge in [-0.3, -0.25) is 11.8 Å². The van der Waals surface area contributed by atoms with E-state index in [1.165, 1.54) is 70.7 Å². The molecule has 8 aromatic carbocycles. The first kappa shape index (κ1) is 45.4. The van der Waals surface area contributed by atoms with Crippen LogP contribution in [0.1, 0.15) is 11.1 Å². The molecule has 0 bridgehead atoms. The molecule has 0 saturated carbocycles. The number of aromatic nitrogens is 2. The molecule has 0 fully saturated rings. The largest absolute Gasteiger partial charge is 1.00 e. The van der Waals surface area contributed by atoms with Gasteiger partial charge in [-0.2, -0.15) is 0 Å². The van der Waals surface area contributed by atoms with Crippen LogP contribution in [0.2, 0.25) is 0 Å². The summed E-state index contributed by atoms with van der Waals surface area (Å²) in [6, 6.07) is 73.1. The van der Waals surface area contributed by atoms with E-state index in [9.17, 15) is 0 Å². The van der Waals surface area contributed by atoms with Gasteiger partial charge in [-0.1, -0.05) is 121 Å². The molecule has 0 radical (unpaired) electrons. The SMILES string of the molecule is [Ag+].[Ag+].[C-]#Cc1ccc2c(c1)c1ccccc1n2C.[C-]#Cc1ccc2c(c1)c1ccccc1n2C.c1ccc([PH+](C[PH+](c2ccccc2)c2ccccc2)c2ccccc2)cc1. The number of benzene rings is 8. The Hall–Kier alpha value is -5.18. The van der Waals surface area contributed by atoms with E-state index in [0.717, 1.165) is 11.1 Å². The summed E-state index contributed by atoms with van der Waals surface area (Å²) < 4.78 is 4.36. The van der Waals surface area contributed by atoms with E-state index in [1.54, 1.807) is 0 Å². The zero-order valence-electron chi connectivity index (χ0n) is 33.8. The molecule has 61 heavy (non-hydrogen) atoms. The molecule has 6 heteroatoms. The summed E-state index contributed by atoms with van der Waals surface area (Å²) >= 11 is 0. The van der Waals surface area contributed by atoms with Gasteiger partial charge in [0.05, 0.1) is 0 Å². The van der Waals surface area contributed by atoms with Gasteiger partial charge in [0.15, 0.2) is 5.90 Å². The standard InChI is InChI=1S/C25H22P2.2C15H10N.2Ag/c1-5-13-22(14-6-1)26(23-15-7-2-8-16-23)21-27(24-17-9-3-10-18-24)25-19-11-4-12-20-25;2*1-3-11-8-9-15-13(10-11)12-6-4-5-7-14(12)16(15)2;;/h1-20H,21H2;2*4-10H,2H3;;/q;2*-1;2*+1/p+2. The third kappa shape index (κ3) is 10.1. The molecule has 0 aliphatic carbocycles. The fourth-order valence-electron chi connectivity index (χ4n) is 7.97. The molecule has 0 spiro atoms. The Kier molecular flexibility index (Phi) is 16.0. The molecule has 10 rings (SSSR count). The maximum Gasteiger partial charge on any atom is 1.00 e. The second-order valence-electron chi connectivity index (χ2n) is 14.5. The van der Waals surface area contributed by atoms with E-state index in [1.807, 2.05) is 60.7 Å². The van der Waals surface area contributed by atoms with E-state index >= 15 is 0 Å². The average Bonchev–Trinajstić information content (AvgIpc) is 3.77. The molecule has 2 nitrogen and oxygen atoms in total. The molecule has 0 unspecified atom stereocenters. The number of aryl methyl sites for hydroxylation is 2. The second-order valence-corrected chi connectivity index (χ2v) is 20.1. The molecule has 0 amide bonds. The number of rotatable bonds is 6. The number of nitrogens with zero attached hydrogens (tertiary/aromatic N) is 2. The van der Waals surface area contributed by atoms with Crippen LogP contribution in [-0.4, -0.2) is 15.0 Å². The molecule has 2 heterocycles. The van der Waals surface area contributed by atoms with Crippen LogP contribution in [0.3, 0.4) is 0 Å². The summed E-state index contributed by atoms with van der Waals surface area (Å²) in [6.07, 6.45) is 14.4. The molecular weight excluding hydrogens is 966 g/mol. The minimum Gasteiger partial charge on any atom is -0.366 e. The Morgan fingerprint density at radius 3 is 0.951 bits per heavy atom. The molecule has 0 saturated heterocycles. The molecule has 10 aromatic rings. The first-order chi connectivity index (χ1) is 29.0. The third-order valence-electron chi connectivity index (χ3n) is 11.0. The summed E-state index contributed by atoms with van der Waals surface area (Å²) in [6.45, 7) is 0. The number of fused-ring (bicyclic) bond motifs is 6. The summed E-state index contributed by atoms with van der Waals surface area (Å²) in [4.78, 5) is 0. The summed E-state index contributed by atoms with van der Waals surface area (Å²) in [5, 5.41) is 10.9. The van der Waals surface area contributed by atoms with Crippen LogP contribution in [-0.2, 0) is 58.9 Å². The van der Waals surface area contributed by atoms with Gasteiger partial charge in [0.2, 0.25) is 0 Å². The van der Waals surface area contributed by atoms with Gasteiger partial charge in [0.1, 0.15) is 37.1 Å². The van der Waals surface area contributed by atoms with Crippen LogP contribution in [0, 0.1) is 24.7 Å². The van der Waals surface area contributed by atoms with Gasteiger partial charge in [0, 0.05) is 46.9 Å². The van der Waals surface area contributed by atoms with Crippen molar-refractivity contribution in [1.82, 2.24) is 9.13 Å². The predicted molar refractivity (Wildman–Crippen MR) is 259 cm³/mol. The van der Waals surface area contributed by atoms with Crippen LogP contribution in [0.15, 0.2) is 206 Å². The summed E-state index contributed by atoms with van der Waals surface area (Å²) in [5.41, 5.74) is 6.48. The molecular formula is C55H44Ag2N2P2+2. The second kappa shape index (κ2) is 21.6. The molecule has 2 aromatic heterocycles. The Balaban J connectivity index is 0.000000159. The average molecular weight is 1010 g/mol. The first-order valence-corrected chi connectivity index (χ1v) is 23.2. The number of hydrogen-bond acceptors (Lipinski definition) is 0. The van der Waals surface area contributed by atoms with E-state index in [0.29, 0.717) is 0 Å². The van der Waals surface area contributed by atoms with Crippen molar-refractivity contribution in [3.05, 3.63) is 230 Å². The topological polar surface area (TPSA) is 9.86 Å². The van der Waals surface area contributed by atoms with Crippen molar-refractivity contribution in [2.24, 2.45) is 14.1 Å². The predicted octanol–water partition coefficient (Wildman–Crippen LogP) is 11.2. The van der Waals surface area contributed by atoms with Gasteiger partial charge in [0.25, 0.3) is 0 Å². The normalized spacial score (nSPS) is 10.5. The quantitative estimate of drug-likeness (QED) is 0.0680. The van der Waals surface area contributed by atoms with E-state index in [2.05, 4.69) is 181 Å². The van der Waals surface area contributed by atoms with Crippen LogP contribution in [0.5, 0.6) is 0 Å². The fraction of sp³-hybridized carbons (Fsp3) is 0.0545. The van der Waals surface area contributed by atoms with Crippen LogP contribution in [0.4, 0.5) is 0 Å². The van der Waals surface area contributed by atoms with Crippen molar-refractivity contribution in [2.75, 3.05) is 5.90 Å². The van der Waals surface area contributed by atoms with Crippen LogP contribution >= 0.6 is 15.8 Å². The van der Waals surface area contributed by atoms with Crippen LogP contribution in [0.25, 0.3) is 43.6 Å². The Bertz CT molecular complexity index is 2780. The minimum atomic E-state index is -0.847. The van der Waals surface area contributed by atoms with Crippen molar-refractivity contribution < 1.29 is 44.8 Å². The number of hydrogen-bond donors (Lipinski definition) is 0. The van der Waals surface area contributed by atoms with Crippen molar-refractivity contribution in [2.45, 2.75) is 0 Å². The Labute approximate surface area is 393 Å². The Morgan fingerprint density at radius 1 is 0.361 bits per heavy atom. The molecule has 0 aliphatic heterocycles. The van der Waals surface area contributed by atoms with Gasteiger partial charge in [-0.25, -0.2) is 0 Å². The smallest absolute Gasteiger partial charge is 0.366 e. The van der Waals surface area contributed by atoms with E-state index < -0.39 is 15.8 Å². The first-order valence-electron chi connectivity index (χ1n) is 19.8. The van der Waals surface area contributed by atoms with Crippen molar-refractivity contribution >= 4 is 80.7 Å². The van der Waals surface area contributed by atoms with Gasteiger partial charge in [-0.05, 0) is 71.4 Å². The summed E-state index contributed by atoms with van der Waals surface area (Å²) in [7, 11) is 2.44. The molecule has 0 atom stereocenters. The van der Waals surface area contributed by atoms with Crippen molar-refractivity contribution in [3.63, 3.8) is 0 Å². The van der Waals surface area contributed by atoms with Gasteiger partial charge >= 0.3 is 44.8 Å². The maximum atomic E-state index is 7.18.